The molecule has 1 amide bonds. The highest BCUT2D eigenvalue weighted by atomic mass is 32.1. The van der Waals surface area contributed by atoms with Gasteiger partial charge in [0.1, 0.15) is 4.83 Å². The second-order valence-electron chi connectivity index (χ2n) is 6.23. The predicted octanol–water partition coefficient (Wildman–Crippen LogP) is 3.39. The van der Waals surface area contributed by atoms with Crippen molar-refractivity contribution in [3.05, 3.63) is 22.5 Å². The maximum atomic E-state index is 13.0. The first-order valence-corrected chi connectivity index (χ1v) is 9.78. The van der Waals surface area contributed by atoms with Crippen LogP contribution >= 0.6 is 22.7 Å². The van der Waals surface area contributed by atoms with Gasteiger partial charge in [-0.25, -0.2) is 4.98 Å². The number of carbonyl (C=O) groups excluding carboxylic acids is 1. The highest BCUT2D eigenvalue weighted by Gasteiger charge is 2.37. The van der Waals surface area contributed by atoms with Crippen molar-refractivity contribution < 1.29 is 9.53 Å². The molecule has 0 unspecified atom stereocenters. The number of aromatic nitrogens is 2. The molecule has 4 heterocycles. The number of morpholine rings is 1. The van der Waals surface area contributed by atoms with Crippen molar-refractivity contribution in [1.82, 2.24) is 14.3 Å². The first-order chi connectivity index (χ1) is 11.3. The van der Waals surface area contributed by atoms with Gasteiger partial charge in [0.25, 0.3) is 5.91 Å². The highest BCUT2D eigenvalue weighted by molar-refractivity contribution is 7.21. The molecule has 120 valence electrons. The van der Waals surface area contributed by atoms with Crippen LogP contribution in [0.15, 0.2) is 17.6 Å². The number of nitrogens with zero attached hydrogens (tertiary/aromatic N) is 3. The average molecular weight is 347 g/mol. The van der Waals surface area contributed by atoms with E-state index >= 15 is 0 Å². The molecule has 1 aliphatic heterocycles. The van der Waals surface area contributed by atoms with Crippen molar-refractivity contribution in [3.8, 4) is 0 Å². The molecule has 0 spiro atoms. The first kappa shape index (κ1) is 13.9. The van der Waals surface area contributed by atoms with Crippen molar-refractivity contribution >= 4 is 43.9 Å². The molecule has 3 aromatic heterocycles. The fraction of sp³-hybridized carbons (Fsp3) is 0.500. The third kappa shape index (κ3) is 2.14. The summed E-state index contributed by atoms with van der Waals surface area (Å²) in [6.07, 6.45) is 6.80. The molecule has 23 heavy (non-hydrogen) atoms. The van der Waals surface area contributed by atoms with E-state index in [1.807, 2.05) is 22.5 Å². The number of thiophene rings is 1. The van der Waals surface area contributed by atoms with Gasteiger partial charge in [0.15, 0.2) is 4.96 Å². The molecule has 2 atom stereocenters. The first-order valence-electron chi connectivity index (χ1n) is 8.09. The SMILES string of the molecule is O=C(c1cc2c(nc3sccn32)s1)N1CCO[C@H]2CCCC[C@H]21. The van der Waals surface area contributed by atoms with E-state index in [4.69, 9.17) is 4.74 Å². The molecule has 0 aromatic carbocycles. The Morgan fingerprint density at radius 2 is 2.26 bits per heavy atom. The topological polar surface area (TPSA) is 46.8 Å². The van der Waals surface area contributed by atoms with E-state index in [9.17, 15) is 4.79 Å². The van der Waals surface area contributed by atoms with Crippen LogP contribution in [-0.4, -0.2) is 45.5 Å². The molecule has 5 nitrogen and oxygen atoms in total. The Kier molecular flexibility index (Phi) is 3.21. The van der Waals surface area contributed by atoms with E-state index in [0.717, 1.165) is 33.0 Å². The molecular weight excluding hydrogens is 330 g/mol. The Morgan fingerprint density at radius 1 is 1.35 bits per heavy atom. The normalized spacial score (nSPS) is 25.1. The summed E-state index contributed by atoms with van der Waals surface area (Å²) in [5.41, 5.74) is 1.04. The van der Waals surface area contributed by atoms with Crippen LogP contribution in [0.1, 0.15) is 35.4 Å². The van der Waals surface area contributed by atoms with Crippen molar-refractivity contribution in [2.75, 3.05) is 13.2 Å². The van der Waals surface area contributed by atoms with Gasteiger partial charge in [0, 0.05) is 18.1 Å². The van der Waals surface area contributed by atoms with Gasteiger partial charge < -0.3 is 9.64 Å². The third-order valence-corrected chi connectivity index (χ3v) is 6.71. The number of amides is 1. The average Bonchev–Trinajstić information content (AvgIpc) is 3.25. The molecule has 1 saturated carbocycles. The molecule has 7 heteroatoms. The van der Waals surface area contributed by atoms with Crippen molar-refractivity contribution in [2.45, 2.75) is 37.8 Å². The Balaban J connectivity index is 1.50. The zero-order chi connectivity index (χ0) is 15.4. The lowest BCUT2D eigenvalue weighted by atomic mass is 9.90. The van der Waals surface area contributed by atoms with E-state index in [2.05, 4.69) is 9.38 Å². The monoisotopic (exact) mass is 347 g/mol. The minimum Gasteiger partial charge on any atom is -0.374 e. The zero-order valence-electron chi connectivity index (χ0n) is 12.6. The fourth-order valence-corrected chi connectivity index (χ4v) is 5.60. The number of hydrogen-bond acceptors (Lipinski definition) is 5. The molecule has 5 rings (SSSR count). The number of imidazole rings is 1. The molecule has 1 saturated heterocycles. The largest absolute Gasteiger partial charge is 0.374 e. The Labute approximate surface area is 141 Å². The summed E-state index contributed by atoms with van der Waals surface area (Å²) < 4.78 is 7.95. The van der Waals surface area contributed by atoms with Crippen LogP contribution in [-0.2, 0) is 4.74 Å². The molecule has 3 aromatic rings. The van der Waals surface area contributed by atoms with Gasteiger partial charge in [-0.1, -0.05) is 12.8 Å². The van der Waals surface area contributed by atoms with Gasteiger partial charge in [0.05, 0.1) is 29.1 Å². The predicted molar refractivity (Wildman–Crippen MR) is 91.5 cm³/mol. The van der Waals surface area contributed by atoms with Gasteiger partial charge in [-0.05, 0) is 18.9 Å². The van der Waals surface area contributed by atoms with Crippen LogP contribution in [0.2, 0.25) is 0 Å². The summed E-state index contributed by atoms with van der Waals surface area (Å²) in [5, 5.41) is 2.02. The van der Waals surface area contributed by atoms with Crippen LogP contribution in [0.25, 0.3) is 15.3 Å². The second-order valence-corrected chi connectivity index (χ2v) is 8.13. The Bertz CT molecular complexity index is 878. The van der Waals surface area contributed by atoms with Crippen molar-refractivity contribution in [2.24, 2.45) is 0 Å². The maximum absolute atomic E-state index is 13.0. The minimum atomic E-state index is 0.150. The zero-order valence-corrected chi connectivity index (χ0v) is 14.2. The van der Waals surface area contributed by atoms with E-state index in [1.54, 1.807) is 11.3 Å². The molecular formula is C16H17N3O2S2. The lowest BCUT2D eigenvalue weighted by Crippen LogP contribution is -2.54. The maximum Gasteiger partial charge on any atom is 0.264 e. The number of hydrogen-bond donors (Lipinski definition) is 0. The smallest absolute Gasteiger partial charge is 0.264 e. The third-order valence-electron chi connectivity index (χ3n) is 4.94. The minimum absolute atomic E-state index is 0.150. The Morgan fingerprint density at radius 3 is 3.22 bits per heavy atom. The van der Waals surface area contributed by atoms with Crippen LogP contribution < -0.4 is 0 Å². The summed E-state index contributed by atoms with van der Waals surface area (Å²) in [7, 11) is 0. The molecule has 2 fully saturated rings. The van der Waals surface area contributed by atoms with E-state index in [-0.39, 0.29) is 18.1 Å². The summed E-state index contributed by atoms with van der Waals surface area (Å²) in [4.78, 5) is 22.4. The van der Waals surface area contributed by atoms with Crippen LogP contribution in [0.4, 0.5) is 0 Å². The molecule has 2 aliphatic rings. The lowest BCUT2D eigenvalue weighted by Gasteiger charge is -2.43. The number of fused-ring (bicyclic) bond motifs is 4. The van der Waals surface area contributed by atoms with Crippen molar-refractivity contribution in [1.29, 1.82) is 0 Å². The molecule has 0 bridgehead atoms. The Hall–Kier alpha value is -1.44. The number of rotatable bonds is 1. The van der Waals surface area contributed by atoms with E-state index in [1.165, 1.54) is 24.2 Å². The quantitative estimate of drug-likeness (QED) is 0.678. The van der Waals surface area contributed by atoms with E-state index in [0.29, 0.717) is 13.2 Å². The number of ether oxygens (including phenoxy) is 1. The van der Waals surface area contributed by atoms with Gasteiger partial charge >= 0.3 is 0 Å². The van der Waals surface area contributed by atoms with Gasteiger partial charge in [0.2, 0.25) is 0 Å². The summed E-state index contributed by atoms with van der Waals surface area (Å²) >= 11 is 3.13. The van der Waals surface area contributed by atoms with E-state index < -0.39 is 0 Å². The van der Waals surface area contributed by atoms with Crippen LogP contribution in [0.3, 0.4) is 0 Å². The lowest BCUT2D eigenvalue weighted by molar-refractivity contribution is -0.0751. The standard InChI is InChI=1S/C16H17N3O2S2/c20-15(18-5-7-21-12-4-2-1-3-10(12)18)13-9-11-14(23-13)17-16-19(11)6-8-22-16/h6,8-10,12H,1-5,7H2/t10-,12+/m1/s1. The summed E-state index contributed by atoms with van der Waals surface area (Å²) in [5.74, 6) is 0.150. The van der Waals surface area contributed by atoms with Crippen molar-refractivity contribution in [3.63, 3.8) is 0 Å². The number of carbonyl (C=O) groups is 1. The van der Waals surface area contributed by atoms with Crippen LogP contribution in [0, 0.1) is 0 Å². The second kappa shape index (κ2) is 5.29. The molecule has 0 radical (unpaired) electrons. The van der Waals surface area contributed by atoms with Crippen LogP contribution in [0.5, 0.6) is 0 Å². The molecule has 1 aliphatic carbocycles. The fourth-order valence-electron chi connectivity index (χ4n) is 3.84. The van der Waals surface area contributed by atoms with Gasteiger partial charge in [-0.3, -0.25) is 9.20 Å². The number of thiazole rings is 1. The van der Waals surface area contributed by atoms with Gasteiger partial charge in [-0.15, -0.1) is 22.7 Å². The summed E-state index contributed by atoms with van der Waals surface area (Å²) in [6, 6.07) is 2.26. The highest BCUT2D eigenvalue weighted by Crippen LogP contribution is 2.33. The molecule has 0 N–H and O–H groups in total. The summed E-state index contributed by atoms with van der Waals surface area (Å²) in [6.45, 7) is 1.36. The van der Waals surface area contributed by atoms with Gasteiger partial charge in [-0.2, -0.15) is 0 Å².